The summed E-state index contributed by atoms with van der Waals surface area (Å²) in [6.07, 6.45) is 1.40. The van der Waals surface area contributed by atoms with Crippen molar-refractivity contribution in [2.75, 3.05) is 36.9 Å². The lowest BCUT2D eigenvalue weighted by atomic mass is 10.2. The molecule has 1 fully saturated rings. The largest absolute Gasteiger partial charge is 0.384 e. The van der Waals surface area contributed by atoms with Crippen LogP contribution in [0.3, 0.4) is 0 Å². The molecule has 18 heavy (non-hydrogen) atoms. The molecule has 1 unspecified atom stereocenters. The highest BCUT2D eigenvalue weighted by atomic mass is 16.5. The number of rotatable bonds is 3. The molecular weight excluding hydrogens is 234 g/mol. The van der Waals surface area contributed by atoms with E-state index in [1.165, 1.54) is 6.33 Å². The van der Waals surface area contributed by atoms with Gasteiger partial charge in [0.2, 0.25) is 5.91 Å². The van der Waals surface area contributed by atoms with Crippen molar-refractivity contribution in [1.82, 2.24) is 15.3 Å². The predicted octanol–water partition coefficient (Wildman–Crippen LogP) is -0.600. The van der Waals surface area contributed by atoms with E-state index in [0.29, 0.717) is 37.9 Å². The summed E-state index contributed by atoms with van der Waals surface area (Å²) in [5.41, 5.74) is 5.64. The second-order valence-corrected chi connectivity index (χ2v) is 3.98. The number of nitrogens with zero attached hydrogens (tertiary/aromatic N) is 3. The molecule has 1 atom stereocenters. The Hall–Kier alpha value is -1.89. The number of nitrogens with one attached hydrogen (secondary N) is 1. The summed E-state index contributed by atoms with van der Waals surface area (Å²) >= 11 is 0. The number of aromatic nitrogens is 2. The molecule has 0 aliphatic carbocycles. The highest BCUT2D eigenvalue weighted by molar-refractivity contribution is 5.85. The van der Waals surface area contributed by atoms with Gasteiger partial charge in [-0.25, -0.2) is 9.97 Å². The van der Waals surface area contributed by atoms with Gasteiger partial charge >= 0.3 is 0 Å². The molecule has 2 heterocycles. The molecular formula is C11H17N5O2. The standard InChI is InChI=1S/C11H17N5O2/c1-2-13-11(17)8-6-18-4-3-16(8)10-5-9(12)14-7-15-10/h5,7-8H,2-4,6H2,1H3,(H,13,17)(H2,12,14,15). The molecule has 0 radical (unpaired) electrons. The van der Waals surface area contributed by atoms with Gasteiger partial charge in [-0.05, 0) is 6.92 Å². The van der Waals surface area contributed by atoms with Crippen LogP contribution in [0.1, 0.15) is 6.92 Å². The van der Waals surface area contributed by atoms with Crippen molar-refractivity contribution in [3.05, 3.63) is 12.4 Å². The van der Waals surface area contributed by atoms with Gasteiger partial charge in [0, 0.05) is 19.2 Å². The maximum Gasteiger partial charge on any atom is 0.245 e. The van der Waals surface area contributed by atoms with Crippen LogP contribution in [0, 0.1) is 0 Å². The maximum absolute atomic E-state index is 12.0. The smallest absolute Gasteiger partial charge is 0.245 e. The molecule has 0 bridgehead atoms. The number of nitrogens with two attached hydrogens (primary N) is 1. The lowest BCUT2D eigenvalue weighted by Gasteiger charge is -2.35. The van der Waals surface area contributed by atoms with E-state index in [2.05, 4.69) is 15.3 Å². The van der Waals surface area contributed by atoms with E-state index in [0.717, 1.165) is 0 Å². The number of carbonyl (C=O) groups is 1. The van der Waals surface area contributed by atoms with E-state index in [4.69, 9.17) is 10.5 Å². The summed E-state index contributed by atoms with van der Waals surface area (Å²) in [6, 6.07) is 1.30. The van der Waals surface area contributed by atoms with E-state index in [1.807, 2.05) is 11.8 Å². The van der Waals surface area contributed by atoms with Gasteiger partial charge in [-0.2, -0.15) is 0 Å². The van der Waals surface area contributed by atoms with Crippen molar-refractivity contribution in [2.45, 2.75) is 13.0 Å². The minimum atomic E-state index is -0.368. The fraction of sp³-hybridized carbons (Fsp3) is 0.545. The van der Waals surface area contributed by atoms with Crippen molar-refractivity contribution >= 4 is 17.5 Å². The van der Waals surface area contributed by atoms with Crippen molar-refractivity contribution in [3.8, 4) is 0 Å². The van der Waals surface area contributed by atoms with Gasteiger partial charge in [0.1, 0.15) is 24.0 Å². The second-order valence-electron chi connectivity index (χ2n) is 3.98. The number of hydrogen-bond acceptors (Lipinski definition) is 6. The number of nitrogen functional groups attached to an aromatic ring is 1. The van der Waals surface area contributed by atoms with Crippen molar-refractivity contribution in [3.63, 3.8) is 0 Å². The zero-order valence-electron chi connectivity index (χ0n) is 10.3. The van der Waals surface area contributed by atoms with Crippen LogP contribution in [0.25, 0.3) is 0 Å². The minimum absolute atomic E-state index is 0.0608. The van der Waals surface area contributed by atoms with E-state index in [1.54, 1.807) is 6.07 Å². The molecule has 1 saturated heterocycles. The number of morpholine rings is 1. The first-order valence-corrected chi connectivity index (χ1v) is 5.92. The van der Waals surface area contributed by atoms with Crippen LogP contribution < -0.4 is 16.0 Å². The van der Waals surface area contributed by atoms with Gasteiger partial charge in [-0.1, -0.05) is 0 Å². The molecule has 2 rings (SSSR count). The summed E-state index contributed by atoms with van der Waals surface area (Å²) in [5.74, 6) is 0.984. The first kappa shape index (κ1) is 12.6. The van der Waals surface area contributed by atoms with Crippen LogP contribution in [0.4, 0.5) is 11.6 Å². The van der Waals surface area contributed by atoms with E-state index < -0.39 is 0 Å². The molecule has 7 nitrogen and oxygen atoms in total. The number of ether oxygens (including phenoxy) is 1. The third-order valence-corrected chi connectivity index (χ3v) is 2.75. The van der Waals surface area contributed by atoms with Gasteiger partial charge in [-0.3, -0.25) is 4.79 Å². The van der Waals surface area contributed by atoms with E-state index >= 15 is 0 Å². The predicted molar refractivity (Wildman–Crippen MR) is 67.1 cm³/mol. The molecule has 1 aromatic heterocycles. The highest BCUT2D eigenvalue weighted by Gasteiger charge is 2.30. The molecule has 0 aromatic carbocycles. The van der Waals surface area contributed by atoms with Gasteiger partial charge in [0.25, 0.3) is 0 Å². The van der Waals surface area contributed by atoms with Gasteiger partial charge in [0.15, 0.2) is 0 Å². The Balaban J connectivity index is 2.20. The minimum Gasteiger partial charge on any atom is -0.384 e. The average Bonchev–Trinajstić information content (AvgIpc) is 2.39. The summed E-state index contributed by atoms with van der Waals surface area (Å²) in [7, 11) is 0. The summed E-state index contributed by atoms with van der Waals surface area (Å²) in [6.45, 7) is 4.01. The normalized spacial score (nSPS) is 19.6. The van der Waals surface area contributed by atoms with Crippen molar-refractivity contribution in [2.24, 2.45) is 0 Å². The SMILES string of the molecule is CCNC(=O)C1COCCN1c1cc(N)ncn1. The summed E-state index contributed by atoms with van der Waals surface area (Å²) < 4.78 is 5.35. The third-order valence-electron chi connectivity index (χ3n) is 2.75. The molecule has 3 N–H and O–H groups in total. The number of likely N-dealkylation sites (N-methyl/N-ethyl adjacent to an activating group) is 1. The van der Waals surface area contributed by atoms with Crippen LogP contribution in [0.2, 0.25) is 0 Å². The van der Waals surface area contributed by atoms with E-state index in [9.17, 15) is 4.79 Å². The molecule has 1 aliphatic heterocycles. The Morgan fingerprint density at radius 1 is 1.67 bits per heavy atom. The Kier molecular flexibility index (Phi) is 3.93. The fourth-order valence-corrected chi connectivity index (χ4v) is 1.91. The Morgan fingerprint density at radius 3 is 3.22 bits per heavy atom. The highest BCUT2D eigenvalue weighted by Crippen LogP contribution is 2.18. The molecule has 1 amide bonds. The topological polar surface area (TPSA) is 93.4 Å². The zero-order chi connectivity index (χ0) is 13.0. The number of anilines is 2. The fourth-order valence-electron chi connectivity index (χ4n) is 1.91. The molecule has 0 saturated carbocycles. The zero-order valence-corrected chi connectivity index (χ0v) is 10.3. The quantitative estimate of drug-likeness (QED) is 0.745. The third kappa shape index (κ3) is 2.67. The summed E-state index contributed by atoms with van der Waals surface area (Å²) in [5, 5.41) is 2.79. The number of amides is 1. The summed E-state index contributed by atoms with van der Waals surface area (Å²) in [4.78, 5) is 21.9. The second kappa shape index (κ2) is 5.63. The number of carbonyl (C=O) groups excluding carboxylic acids is 1. The van der Waals surface area contributed by atoms with Crippen LogP contribution in [0.5, 0.6) is 0 Å². The monoisotopic (exact) mass is 251 g/mol. The molecule has 7 heteroatoms. The van der Waals surface area contributed by atoms with Gasteiger partial charge in [0.05, 0.1) is 13.2 Å². The van der Waals surface area contributed by atoms with Crippen molar-refractivity contribution in [1.29, 1.82) is 0 Å². The van der Waals surface area contributed by atoms with Crippen LogP contribution in [-0.2, 0) is 9.53 Å². The van der Waals surface area contributed by atoms with Crippen LogP contribution in [0.15, 0.2) is 12.4 Å². The lowest BCUT2D eigenvalue weighted by molar-refractivity contribution is -0.124. The first-order valence-electron chi connectivity index (χ1n) is 5.92. The van der Waals surface area contributed by atoms with Gasteiger partial charge in [-0.15, -0.1) is 0 Å². The maximum atomic E-state index is 12.0. The number of hydrogen-bond donors (Lipinski definition) is 2. The van der Waals surface area contributed by atoms with Crippen LogP contribution >= 0.6 is 0 Å². The molecule has 1 aromatic rings. The lowest BCUT2D eigenvalue weighted by Crippen LogP contribution is -2.54. The molecule has 1 aliphatic rings. The van der Waals surface area contributed by atoms with E-state index in [-0.39, 0.29) is 11.9 Å². The average molecular weight is 251 g/mol. The van der Waals surface area contributed by atoms with Gasteiger partial charge < -0.3 is 20.7 Å². The van der Waals surface area contributed by atoms with Crippen molar-refractivity contribution < 1.29 is 9.53 Å². The molecule has 98 valence electrons. The Bertz CT molecular complexity index is 426. The molecule has 0 spiro atoms. The Morgan fingerprint density at radius 2 is 2.50 bits per heavy atom. The first-order chi connectivity index (χ1) is 8.72. The van der Waals surface area contributed by atoms with Crippen LogP contribution in [-0.4, -0.2) is 48.2 Å². The Labute approximate surface area is 105 Å².